The lowest BCUT2D eigenvalue weighted by Crippen LogP contribution is -2.26. The summed E-state index contributed by atoms with van der Waals surface area (Å²) < 4.78 is 33.1. The molecule has 1 aliphatic rings. The summed E-state index contributed by atoms with van der Waals surface area (Å²) in [5, 5.41) is 11.7. The predicted molar refractivity (Wildman–Crippen MR) is 92.5 cm³/mol. The Bertz CT molecular complexity index is 990. The van der Waals surface area contributed by atoms with Gasteiger partial charge in [0.1, 0.15) is 0 Å². The normalized spacial score (nSPS) is 13.4. The van der Waals surface area contributed by atoms with Gasteiger partial charge in [0.25, 0.3) is 15.9 Å². The maximum atomic E-state index is 12.6. The van der Waals surface area contributed by atoms with E-state index in [2.05, 4.69) is 26.0 Å². The first-order valence-corrected chi connectivity index (χ1v) is 9.17. The molecule has 3 rings (SSSR count). The topological polar surface area (TPSA) is 122 Å². The van der Waals surface area contributed by atoms with Gasteiger partial charge in [0.05, 0.1) is 21.8 Å². The van der Waals surface area contributed by atoms with Crippen LogP contribution in [0.15, 0.2) is 45.8 Å². The Hall–Kier alpha value is -2.59. The van der Waals surface area contributed by atoms with Crippen molar-refractivity contribution in [2.24, 2.45) is 0 Å². The lowest BCUT2D eigenvalue weighted by atomic mass is 10.2. The highest BCUT2D eigenvalue weighted by Crippen LogP contribution is 2.36. The van der Waals surface area contributed by atoms with Gasteiger partial charge in [0, 0.05) is 4.47 Å². The molecular formula is C15H11BrN2O6S. The molecule has 1 heterocycles. The van der Waals surface area contributed by atoms with Crippen LogP contribution in [0, 0.1) is 0 Å². The third-order valence-electron chi connectivity index (χ3n) is 3.36. The van der Waals surface area contributed by atoms with Gasteiger partial charge in [-0.05, 0) is 46.3 Å². The number of carbonyl (C=O) groups excluding carboxylic acids is 1. The molecule has 0 unspecified atom stereocenters. The van der Waals surface area contributed by atoms with Crippen molar-refractivity contribution in [3.63, 3.8) is 0 Å². The lowest BCUT2D eigenvalue weighted by molar-refractivity contribution is -0.118. The number of aromatic carboxylic acids is 1. The quantitative estimate of drug-likeness (QED) is 0.689. The van der Waals surface area contributed by atoms with Gasteiger partial charge in [-0.25, -0.2) is 13.2 Å². The minimum absolute atomic E-state index is 0.136. The maximum Gasteiger partial charge on any atom is 0.336 e. The van der Waals surface area contributed by atoms with E-state index in [4.69, 9.17) is 9.84 Å². The zero-order chi connectivity index (χ0) is 18.2. The summed E-state index contributed by atoms with van der Waals surface area (Å²) in [6.07, 6.45) is 0. The van der Waals surface area contributed by atoms with E-state index in [1.54, 1.807) is 12.1 Å². The van der Waals surface area contributed by atoms with E-state index in [0.717, 1.165) is 6.07 Å². The summed E-state index contributed by atoms with van der Waals surface area (Å²) in [6, 6.07) is 8.27. The van der Waals surface area contributed by atoms with E-state index in [9.17, 15) is 18.0 Å². The van der Waals surface area contributed by atoms with Gasteiger partial charge in [0.15, 0.2) is 12.4 Å². The van der Waals surface area contributed by atoms with Crippen molar-refractivity contribution in [2.45, 2.75) is 4.90 Å². The van der Waals surface area contributed by atoms with Gasteiger partial charge in [-0.15, -0.1) is 0 Å². The van der Waals surface area contributed by atoms with Gasteiger partial charge >= 0.3 is 5.97 Å². The Morgan fingerprint density at radius 1 is 1.28 bits per heavy atom. The fourth-order valence-electron chi connectivity index (χ4n) is 2.23. The van der Waals surface area contributed by atoms with Crippen LogP contribution in [0.25, 0.3) is 0 Å². The van der Waals surface area contributed by atoms with Gasteiger partial charge in [-0.2, -0.15) is 0 Å². The number of sulfonamides is 1. The van der Waals surface area contributed by atoms with Crippen LogP contribution in [-0.2, 0) is 14.8 Å². The van der Waals surface area contributed by atoms with Crippen LogP contribution < -0.4 is 14.8 Å². The Morgan fingerprint density at radius 2 is 2.04 bits per heavy atom. The van der Waals surface area contributed by atoms with Crippen molar-refractivity contribution >= 4 is 49.2 Å². The number of fused-ring (bicyclic) bond motifs is 1. The summed E-state index contributed by atoms with van der Waals surface area (Å²) in [4.78, 5) is 22.3. The fourth-order valence-corrected chi connectivity index (χ4v) is 3.74. The number of benzene rings is 2. The minimum atomic E-state index is -4.06. The van der Waals surface area contributed by atoms with E-state index in [0.29, 0.717) is 5.69 Å². The molecule has 0 saturated carbocycles. The molecule has 0 bridgehead atoms. The van der Waals surface area contributed by atoms with E-state index in [-0.39, 0.29) is 38.9 Å². The van der Waals surface area contributed by atoms with Crippen LogP contribution in [0.3, 0.4) is 0 Å². The van der Waals surface area contributed by atoms with Gasteiger partial charge < -0.3 is 15.2 Å². The molecule has 10 heteroatoms. The highest BCUT2D eigenvalue weighted by Gasteiger charge is 2.23. The van der Waals surface area contributed by atoms with Crippen LogP contribution in [0.1, 0.15) is 10.4 Å². The average molecular weight is 427 g/mol. The van der Waals surface area contributed by atoms with Crippen LogP contribution >= 0.6 is 15.9 Å². The lowest BCUT2D eigenvalue weighted by Gasteiger charge is -2.21. The summed E-state index contributed by atoms with van der Waals surface area (Å²) >= 11 is 3.06. The van der Waals surface area contributed by atoms with Crippen LogP contribution in [0.4, 0.5) is 11.4 Å². The number of amides is 1. The standard InChI is InChI=1S/C15H11BrN2O6S/c16-10-5-4-8(6-9(10)15(20)21)25(22,23)18-12-3-1-2-11-14(12)24-7-13(19)17-11/h1-6,18H,7H2,(H,17,19)(H,20,21). The molecule has 3 N–H and O–H groups in total. The first-order chi connectivity index (χ1) is 11.8. The number of anilines is 2. The molecule has 1 amide bonds. The highest BCUT2D eigenvalue weighted by atomic mass is 79.9. The van der Waals surface area contributed by atoms with Crippen molar-refractivity contribution in [1.82, 2.24) is 0 Å². The van der Waals surface area contributed by atoms with E-state index < -0.39 is 16.0 Å². The number of nitrogens with one attached hydrogen (secondary N) is 2. The molecule has 2 aromatic carbocycles. The molecule has 1 aliphatic heterocycles. The Labute approximate surface area is 151 Å². The number of hydrogen-bond acceptors (Lipinski definition) is 5. The molecule has 0 spiro atoms. The number of halogens is 1. The van der Waals surface area contributed by atoms with Crippen LogP contribution in [0.5, 0.6) is 5.75 Å². The molecule has 8 nitrogen and oxygen atoms in total. The van der Waals surface area contributed by atoms with Crippen LogP contribution in [0.2, 0.25) is 0 Å². The zero-order valence-electron chi connectivity index (χ0n) is 12.4. The Morgan fingerprint density at radius 3 is 2.76 bits per heavy atom. The molecule has 0 aliphatic carbocycles. The second-order valence-corrected chi connectivity index (χ2v) is 7.61. The highest BCUT2D eigenvalue weighted by molar-refractivity contribution is 9.10. The van der Waals surface area contributed by atoms with Crippen LogP contribution in [-0.4, -0.2) is 32.0 Å². The minimum Gasteiger partial charge on any atom is -0.479 e. The molecule has 0 radical (unpaired) electrons. The van der Waals surface area contributed by atoms with Gasteiger partial charge in [0.2, 0.25) is 0 Å². The number of hydrogen-bond donors (Lipinski definition) is 3. The smallest absolute Gasteiger partial charge is 0.336 e. The first kappa shape index (κ1) is 17.2. The average Bonchev–Trinajstić information content (AvgIpc) is 2.54. The number of para-hydroxylation sites is 1. The molecule has 130 valence electrons. The third-order valence-corrected chi connectivity index (χ3v) is 5.41. The van der Waals surface area contributed by atoms with Gasteiger partial charge in [-0.3, -0.25) is 9.52 Å². The Kier molecular flexibility index (Phi) is 4.39. The maximum absolute atomic E-state index is 12.6. The zero-order valence-corrected chi connectivity index (χ0v) is 14.8. The molecular weight excluding hydrogens is 416 g/mol. The molecule has 0 fully saturated rings. The second-order valence-electron chi connectivity index (χ2n) is 5.07. The summed E-state index contributed by atoms with van der Waals surface area (Å²) in [6.45, 7) is -0.229. The van der Waals surface area contributed by atoms with E-state index in [1.807, 2.05) is 0 Å². The molecule has 0 saturated heterocycles. The Balaban J connectivity index is 1.98. The first-order valence-electron chi connectivity index (χ1n) is 6.89. The molecule has 0 aromatic heterocycles. The van der Waals surface area contributed by atoms with Crippen molar-refractivity contribution in [3.8, 4) is 5.75 Å². The SMILES string of the molecule is O=C1COc2c(cccc2NS(=O)(=O)c2ccc(Br)c(C(=O)O)c2)N1. The van der Waals surface area contributed by atoms with E-state index in [1.165, 1.54) is 18.2 Å². The fraction of sp³-hybridized carbons (Fsp3) is 0.0667. The summed E-state index contributed by atoms with van der Waals surface area (Å²) in [5.41, 5.74) is 0.303. The number of rotatable bonds is 4. The summed E-state index contributed by atoms with van der Waals surface area (Å²) in [7, 11) is -4.06. The largest absolute Gasteiger partial charge is 0.479 e. The van der Waals surface area contributed by atoms with Gasteiger partial charge in [-0.1, -0.05) is 6.07 Å². The second kappa shape index (κ2) is 6.37. The third kappa shape index (κ3) is 3.44. The monoisotopic (exact) mass is 426 g/mol. The van der Waals surface area contributed by atoms with Crippen molar-refractivity contribution in [3.05, 3.63) is 46.4 Å². The number of ether oxygens (including phenoxy) is 1. The number of carbonyl (C=O) groups is 2. The summed E-state index contributed by atoms with van der Waals surface area (Å²) in [5.74, 6) is -1.40. The predicted octanol–water partition coefficient (Wildman–Crippen LogP) is 2.28. The molecule has 0 atom stereocenters. The number of carboxylic acids is 1. The van der Waals surface area contributed by atoms with Crippen molar-refractivity contribution in [2.75, 3.05) is 16.6 Å². The molecule has 25 heavy (non-hydrogen) atoms. The van der Waals surface area contributed by atoms with E-state index >= 15 is 0 Å². The van der Waals surface area contributed by atoms with Crippen molar-refractivity contribution < 1.29 is 27.9 Å². The number of carboxylic acid groups (broad SMARTS) is 1. The molecule has 2 aromatic rings. The van der Waals surface area contributed by atoms with Crippen molar-refractivity contribution in [1.29, 1.82) is 0 Å².